The van der Waals surface area contributed by atoms with Gasteiger partial charge in [0.2, 0.25) is 5.89 Å². The predicted octanol–water partition coefficient (Wildman–Crippen LogP) is 1.96. The van der Waals surface area contributed by atoms with Crippen LogP contribution in [0.4, 0.5) is 0 Å². The van der Waals surface area contributed by atoms with Gasteiger partial charge in [-0.2, -0.15) is 4.98 Å². The van der Waals surface area contributed by atoms with Crippen LogP contribution in [0.1, 0.15) is 22.1 Å². The molecule has 0 radical (unpaired) electrons. The van der Waals surface area contributed by atoms with Crippen LogP contribution in [-0.4, -0.2) is 16.0 Å². The second-order valence-electron chi connectivity index (χ2n) is 3.42. The van der Waals surface area contributed by atoms with Gasteiger partial charge in [0.05, 0.1) is 6.54 Å². The van der Waals surface area contributed by atoms with Gasteiger partial charge in [-0.15, -0.1) is 0 Å². The average molecular weight is 252 g/mol. The Morgan fingerprint density at radius 1 is 1.41 bits per heavy atom. The van der Waals surface area contributed by atoms with E-state index in [9.17, 15) is 4.79 Å². The van der Waals surface area contributed by atoms with E-state index in [0.717, 1.165) is 0 Å². The maximum Gasteiger partial charge on any atom is 0.251 e. The number of benzene rings is 1. The summed E-state index contributed by atoms with van der Waals surface area (Å²) in [5.74, 6) is 0.711. The molecule has 0 saturated carbocycles. The van der Waals surface area contributed by atoms with Gasteiger partial charge < -0.3 is 9.84 Å². The van der Waals surface area contributed by atoms with Gasteiger partial charge in [0.15, 0.2) is 5.82 Å². The second-order valence-corrected chi connectivity index (χ2v) is 3.86. The topological polar surface area (TPSA) is 68.0 Å². The van der Waals surface area contributed by atoms with Crippen molar-refractivity contribution < 1.29 is 9.32 Å². The van der Waals surface area contributed by atoms with Gasteiger partial charge in [-0.1, -0.05) is 16.8 Å². The Balaban J connectivity index is 1.95. The summed E-state index contributed by atoms with van der Waals surface area (Å²) in [7, 11) is 0. The summed E-state index contributed by atoms with van der Waals surface area (Å²) >= 11 is 5.73. The number of aromatic nitrogens is 2. The monoisotopic (exact) mass is 251 g/mol. The molecule has 2 rings (SSSR count). The highest BCUT2D eigenvalue weighted by molar-refractivity contribution is 6.30. The van der Waals surface area contributed by atoms with Crippen molar-refractivity contribution in [3.8, 4) is 0 Å². The summed E-state index contributed by atoms with van der Waals surface area (Å²) in [6.45, 7) is 1.93. The molecule has 0 bridgehead atoms. The first-order valence-electron chi connectivity index (χ1n) is 4.98. The number of carbonyl (C=O) groups excluding carboxylic acids is 1. The maximum atomic E-state index is 11.7. The molecule has 17 heavy (non-hydrogen) atoms. The predicted molar refractivity (Wildman–Crippen MR) is 61.7 cm³/mol. The zero-order valence-corrected chi connectivity index (χ0v) is 9.86. The molecule has 1 N–H and O–H groups in total. The van der Waals surface area contributed by atoms with Crippen LogP contribution in [0.25, 0.3) is 0 Å². The van der Waals surface area contributed by atoms with E-state index in [2.05, 4.69) is 15.5 Å². The molecular formula is C11H10ClN3O2. The van der Waals surface area contributed by atoms with E-state index in [0.29, 0.717) is 22.3 Å². The fourth-order valence-electron chi connectivity index (χ4n) is 1.27. The molecule has 6 heteroatoms. The smallest absolute Gasteiger partial charge is 0.251 e. The Bertz CT molecular complexity index is 522. The molecule has 2 aromatic rings. The highest BCUT2D eigenvalue weighted by Crippen LogP contribution is 2.09. The lowest BCUT2D eigenvalue weighted by atomic mass is 10.2. The highest BCUT2D eigenvalue weighted by atomic mass is 35.5. The van der Waals surface area contributed by atoms with Crippen molar-refractivity contribution in [2.45, 2.75) is 13.5 Å². The molecule has 0 aliphatic carbocycles. The number of hydrogen-bond acceptors (Lipinski definition) is 4. The lowest BCUT2D eigenvalue weighted by molar-refractivity contribution is 0.0946. The van der Waals surface area contributed by atoms with E-state index in [1.54, 1.807) is 31.2 Å². The number of halogens is 1. The number of carbonyl (C=O) groups is 1. The zero-order valence-electron chi connectivity index (χ0n) is 9.11. The number of nitrogens with one attached hydrogen (secondary N) is 1. The van der Waals surface area contributed by atoms with Gasteiger partial charge in [-0.05, 0) is 31.2 Å². The summed E-state index contributed by atoms with van der Waals surface area (Å²) in [6.07, 6.45) is 0. The van der Waals surface area contributed by atoms with Crippen molar-refractivity contribution in [3.05, 3.63) is 46.6 Å². The van der Waals surface area contributed by atoms with Crippen molar-refractivity contribution in [3.63, 3.8) is 0 Å². The molecular weight excluding hydrogens is 242 g/mol. The quantitative estimate of drug-likeness (QED) is 0.906. The van der Waals surface area contributed by atoms with Crippen LogP contribution in [-0.2, 0) is 6.54 Å². The van der Waals surface area contributed by atoms with Crippen LogP contribution in [0.3, 0.4) is 0 Å². The molecule has 1 amide bonds. The fourth-order valence-corrected chi connectivity index (χ4v) is 1.40. The minimum Gasteiger partial charge on any atom is -0.343 e. The molecule has 0 saturated heterocycles. The summed E-state index contributed by atoms with van der Waals surface area (Å²) < 4.78 is 4.87. The van der Waals surface area contributed by atoms with Crippen molar-refractivity contribution in [1.29, 1.82) is 0 Å². The molecule has 0 aliphatic rings. The van der Waals surface area contributed by atoms with E-state index < -0.39 is 0 Å². The zero-order chi connectivity index (χ0) is 12.3. The Hall–Kier alpha value is -1.88. The molecule has 0 atom stereocenters. The maximum absolute atomic E-state index is 11.7. The van der Waals surface area contributed by atoms with Crippen molar-refractivity contribution in [2.75, 3.05) is 0 Å². The lowest BCUT2D eigenvalue weighted by Gasteiger charge is -2.01. The lowest BCUT2D eigenvalue weighted by Crippen LogP contribution is -2.22. The highest BCUT2D eigenvalue weighted by Gasteiger charge is 2.07. The van der Waals surface area contributed by atoms with Crippen LogP contribution >= 0.6 is 11.6 Å². The molecule has 1 aromatic carbocycles. The number of nitrogens with zero attached hydrogens (tertiary/aromatic N) is 2. The standard InChI is InChI=1S/C11H10ClN3O2/c1-7-14-10(17-15-7)6-13-11(16)8-2-4-9(12)5-3-8/h2-5H,6H2,1H3,(H,13,16). The molecule has 0 aliphatic heterocycles. The van der Waals surface area contributed by atoms with Gasteiger partial charge in [-0.3, -0.25) is 4.79 Å². The Morgan fingerprint density at radius 3 is 2.71 bits per heavy atom. The molecule has 0 fully saturated rings. The third kappa shape index (κ3) is 3.04. The van der Waals surface area contributed by atoms with Gasteiger partial charge in [0.25, 0.3) is 5.91 Å². The van der Waals surface area contributed by atoms with E-state index >= 15 is 0 Å². The van der Waals surface area contributed by atoms with Crippen molar-refractivity contribution in [2.24, 2.45) is 0 Å². The number of rotatable bonds is 3. The van der Waals surface area contributed by atoms with Crippen LogP contribution < -0.4 is 5.32 Å². The largest absolute Gasteiger partial charge is 0.343 e. The molecule has 0 unspecified atom stereocenters. The third-order valence-electron chi connectivity index (χ3n) is 2.08. The number of hydrogen-bond donors (Lipinski definition) is 1. The Kier molecular flexibility index (Phi) is 3.39. The molecule has 5 nitrogen and oxygen atoms in total. The normalized spacial score (nSPS) is 10.2. The van der Waals surface area contributed by atoms with E-state index in [1.807, 2.05) is 0 Å². The average Bonchev–Trinajstić information content (AvgIpc) is 2.73. The van der Waals surface area contributed by atoms with Gasteiger partial charge >= 0.3 is 0 Å². The van der Waals surface area contributed by atoms with Crippen molar-refractivity contribution in [1.82, 2.24) is 15.5 Å². The van der Waals surface area contributed by atoms with Gasteiger partial charge in [0, 0.05) is 10.6 Å². The summed E-state index contributed by atoms with van der Waals surface area (Å²) in [6, 6.07) is 6.62. The summed E-state index contributed by atoms with van der Waals surface area (Å²) in [4.78, 5) is 15.7. The minimum atomic E-state index is -0.211. The fraction of sp³-hybridized carbons (Fsp3) is 0.182. The van der Waals surface area contributed by atoms with Gasteiger partial charge in [-0.25, -0.2) is 0 Å². The molecule has 0 spiro atoms. The molecule has 88 valence electrons. The van der Waals surface area contributed by atoms with Gasteiger partial charge in [0.1, 0.15) is 0 Å². The van der Waals surface area contributed by atoms with Crippen LogP contribution in [0.2, 0.25) is 5.02 Å². The van der Waals surface area contributed by atoms with Crippen LogP contribution in [0.5, 0.6) is 0 Å². The Labute approximate surface area is 103 Å². The SMILES string of the molecule is Cc1noc(CNC(=O)c2ccc(Cl)cc2)n1. The molecule has 1 heterocycles. The van der Waals surface area contributed by atoms with Crippen LogP contribution in [0, 0.1) is 6.92 Å². The Morgan fingerprint density at radius 2 is 2.12 bits per heavy atom. The van der Waals surface area contributed by atoms with Crippen LogP contribution in [0.15, 0.2) is 28.8 Å². The first-order chi connectivity index (χ1) is 8.15. The van der Waals surface area contributed by atoms with Crippen molar-refractivity contribution >= 4 is 17.5 Å². The van der Waals surface area contributed by atoms with E-state index in [4.69, 9.17) is 16.1 Å². The number of aryl methyl sites for hydroxylation is 1. The number of amides is 1. The summed E-state index contributed by atoms with van der Waals surface area (Å²) in [5, 5.41) is 6.89. The summed E-state index contributed by atoms with van der Waals surface area (Å²) in [5.41, 5.74) is 0.533. The molecule has 1 aromatic heterocycles. The van der Waals surface area contributed by atoms with E-state index in [1.165, 1.54) is 0 Å². The van der Waals surface area contributed by atoms with E-state index in [-0.39, 0.29) is 12.5 Å². The second kappa shape index (κ2) is 4.97. The minimum absolute atomic E-state index is 0.211. The first-order valence-corrected chi connectivity index (χ1v) is 5.36. The third-order valence-corrected chi connectivity index (χ3v) is 2.33. The first kappa shape index (κ1) is 11.6.